The van der Waals surface area contributed by atoms with E-state index in [9.17, 15) is 0 Å². The van der Waals surface area contributed by atoms with Crippen LogP contribution in [0.4, 0.5) is 0 Å². The van der Waals surface area contributed by atoms with Gasteiger partial charge in [0.25, 0.3) is 0 Å². The predicted molar refractivity (Wildman–Crippen MR) is 73.9 cm³/mol. The van der Waals surface area contributed by atoms with Gasteiger partial charge in [-0.25, -0.2) is 0 Å². The Hall–Kier alpha value is -1.06. The highest BCUT2D eigenvalue weighted by Gasteiger charge is 2.12. The van der Waals surface area contributed by atoms with Gasteiger partial charge in [-0.3, -0.25) is 0 Å². The maximum atomic E-state index is 5.88. The number of nitrogens with one attached hydrogen (secondary N) is 1. The summed E-state index contributed by atoms with van der Waals surface area (Å²) in [5, 5.41) is 3.24. The van der Waals surface area contributed by atoms with E-state index in [1.165, 1.54) is 0 Å². The third-order valence-electron chi connectivity index (χ3n) is 2.86. The highest BCUT2D eigenvalue weighted by Crippen LogP contribution is 2.27. The molecule has 17 heavy (non-hydrogen) atoms. The van der Waals surface area contributed by atoms with Gasteiger partial charge in [-0.2, -0.15) is 0 Å². The zero-order valence-electron chi connectivity index (χ0n) is 10.0. The Bertz CT molecular complexity index is 471. The van der Waals surface area contributed by atoms with Crippen LogP contribution in [0.5, 0.6) is 0 Å². The van der Waals surface area contributed by atoms with Crippen molar-refractivity contribution in [2.24, 2.45) is 0 Å². The fourth-order valence-corrected chi connectivity index (χ4v) is 2.12. The topological polar surface area (TPSA) is 25.2 Å². The van der Waals surface area contributed by atoms with E-state index < -0.39 is 0 Å². The molecule has 0 amide bonds. The van der Waals surface area contributed by atoms with Crippen LogP contribution in [0.15, 0.2) is 45.3 Å². The molecule has 1 heterocycles. The van der Waals surface area contributed by atoms with Crippen LogP contribution in [0.2, 0.25) is 0 Å². The van der Waals surface area contributed by atoms with Crippen LogP contribution in [0.25, 0.3) is 11.3 Å². The lowest BCUT2D eigenvalue weighted by Gasteiger charge is -2.09. The molecular weight excluding hydrogens is 278 g/mol. The van der Waals surface area contributed by atoms with Crippen LogP contribution in [0.1, 0.15) is 25.1 Å². The number of benzene rings is 1. The molecule has 3 heteroatoms. The van der Waals surface area contributed by atoms with Gasteiger partial charge in [0.05, 0.1) is 6.04 Å². The highest BCUT2D eigenvalue weighted by atomic mass is 79.9. The fraction of sp³-hybridized carbons (Fsp3) is 0.286. The van der Waals surface area contributed by atoms with Gasteiger partial charge in [0.1, 0.15) is 11.5 Å². The van der Waals surface area contributed by atoms with Crippen molar-refractivity contribution in [1.82, 2.24) is 5.32 Å². The summed E-state index contributed by atoms with van der Waals surface area (Å²) in [5.41, 5.74) is 1.10. The fourth-order valence-electron chi connectivity index (χ4n) is 1.86. The SMILES string of the molecule is CCC(NC)c1ccc(-c2ccc(Br)cc2)o1. The van der Waals surface area contributed by atoms with Crippen LogP contribution < -0.4 is 5.32 Å². The van der Waals surface area contributed by atoms with Crippen LogP contribution in [-0.2, 0) is 0 Å². The van der Waals surface area contributed by atoms with Gasteiger partial charge in [-0.15, -0.1) is 0 Å². The highest BCUT2D eigenvalue weighted by molar-refractivity contribution is 9.10. The second-order valence-corrected chi connectivity index (χ2v) is 4.87. The largest absolute Gasteiger partial charge is 0.459 e. The molecule has 1 aromatic carbocycles. The maximum absolute atomic E-state index is 5.88. The number of furan rings is 1. The second-order valence-electron chi connectivity index (χ2n) is 3.96. The molecule has 1 N–H and O–H groups in total. The third-order valence-corrected chi connectivity index (χ3v) is 3.38. The molecule has 0 aliphatic rings. The summed E-state index contributed by atoms with van der Waals surface area (Å²) in [6.07, 6.45) is 1.02. The summed E-state index contributed by atoms with van der Waals surface area (Å²) in [4.78, 5) is 0. The summed E-state index contributed by atoms with van der Waals surface area (Å²) in [6.45, 7) is 2.14. The minimum atomic E-state index is 0.291. The smallest absolute Gasteiger partial charge is 0.134 e. The first-order valence-electron chi connectivity index (χ1n) is 5.77. The maximum Gasteiger partial charge on any atom is 0.134 e. The molecule has 2 rings (SSSR count). The summed E-state index contributed by atoms with van der Waals surface area (Å²) < 4.78 is 6.95. The molecule has 0 bridgehead atoms. The quantitative estimate of drug-likeness (QED) is 0.905. The lowest BCUT2D eigenvalue weighted by Crippen LogP contribution is -2.14. The Morgan fingerprint density at radius 3 is 2.47 bits per heavy atom. The number of rotatable bonds is 4. The van der Waals surface area contributed by atoms with Crippen LogP contribution in [-0.4, -0.2) is 7.05 Å². The standard InChI is InChI=1S/C14H16BrNO/c1-3-12(16-2)14-9-8-13(17-14)10-4-6-11(15)7-5-10/h4-9,12,16H,3H2,1-2H3. The molecule has 0 aliphatic carbocycles. The van der Waals surface area contributed by atoms with E-state index in [1.807, 2.05) is 43.4 Å². The van der Waals surface area contributed by atoms with E-state index in [0.717, 1.165) is 28.0 Å². The van der Waals surface area contributed by atoms with Crippen molar-refractivity contribution < 1.29 is 4.42 Å². The summed E-state index contributed by atoms with van der Waals surface area (Å²) >= 11 is 3.43. The lowest BCUT2D eigenvalue weighted by atomic mass is 10.1. The van der Waals surface area contributed by atoms with E-state index in [1.54, 1.807) is 0 Å². The van der Waals surface area contributed by atoms with Gasteiger partial charge >= 0.3 is 0 Å². The first-order valence-corrected chi connectivity index (χ1v) is 6.56. The molecule has 0 radical (unpaired) electrons. The molecule has 1 aromatic heterocycles. The second kappa shape index (κ2) is 5.52. The molecule has 0 saturated heterocycles. The van der Waals surface area contributed by atoms with Crippen LogP contribution in [0, 0.1) is 0 Å². The molecule has 0 aliphatic heterocycles. The van der Waals surface area contributed by atoms with Gasteiger partial charge in [0.15, 0.2) is 0 Å². The zero-order valence-corrected chi connectivity index (χ0v) is 11.6. The van der Waals surface area contributed by atoms with Gasteiger partial charge in [0.2, 0.25) is 0 Å². The van der Waals surface area contributed by atoms with Gasteiger partial charge < -0.3 is 9.73 Å². The Morgan fingerprint density at radius 2 is 1.88 bits per heavy atom. The number of hydrogen-bond donors (Lipinski definition) is 1. The molecule has 1 atom stereocenters. The van der Waals surface area contributed by atoms with Crippen LogP contribution in [0.3, 0.4) is 0 Å². The molecule has 2 nitrogen and oxygen atoms in total. The Kier molecular flexibility index (Phi) is 4.02. The van der Waals surface area contributed by atoms with Gasteiger partial charge in [-0.05, 0) is 37.7 Å². The summed E-state index contributed by atoms with van der Waals surface area (Å²) in [6, 6.07) is 12.5. The van der Waals surface area contributed by atoms with Crippen molar-refractivity contribution in [2.75, 3.05) is 7.05 Å². The summed E-state index contributed by atoms with van der Waals surface area (Å²) in [5.74, 6) is 1.91. The first-order chi connectivity index (χ1) is 8.24. The van der Waals surface area contributed by atoms with Crippen molar-refractivity contribution in [3.63, 3.8) is 0 Å². The normalized spacial score (nSPS) is 12.6. The lowest BCUT2D eigenvalue weighted by molar-refractivity contribution is 0.431. The minimum Gasteiger partial charge on any atom is -0.459 e. The average Bonchev–Trinajstić information content (AvgIpc) is 2.81. The molecule has 90 valence electrons. The Morgan fingerprint density at radius 1 is 1.18 bits per heavy atom. The van der Waals surface area contributed by atoms with Crippen molar-refractivity contribution >= 4 is 15.9 Å². The first kappa shape index (κ1) is 12.4. The molecule has 2 aromatic rings. The van der Waals surface area contributed by atoms with Crippen molar-refractivity contribution in [3.8, 4) is 11.3 Å². The average molecular weight is 294 g/mol. The van der Waals surface area contributed by atoms with E-state index in [-0.39, 0.29) is 0 Å². The molecule has 1 unspecified atom stereocenters. The van der Waals surface area contributed by atoms with Crippen molar-refractivity contribution in [2.45, 2.75) is 19.4 Å². The molecule has 0 saturated carbocycles. The van der Waals surface area contributed by atoms with Crippen molar-refractivity contribution in [3.05, 3.63) is 46.6 Å². The van der Waals surface area contributed by atoms with E-state index in [4.69, 9.17) is 4.42 Å². The van der Waals surface area contributed by atoms with Gasteiger partial charge in [-0.1, -0.05) is 35.0 Å². The molecule has 0 spiro atoms. The van der Waals surface area contributed by atoms with Crippen molar-refractivity contribution in [1.29, 1.82) is 0 Å². The van der Waals surface area contributed by atoms with Gasteiger partial charge in [0, 0.05) is 10.0 Å². The summed E-state index contributed by atoms with van der Waals surface area (Å²) in [7, 11) is 1.95. The number of hydrogen-bond acceptors (Lipinski definition) is 2. The van der Waals surface area contributed by atoms with E-state index in [0.29, 0.717) is 6.04 Å². The minimum absolute atomic E-state index is 0.291. The molecular formula is C14H16BrNO. The number of halogens is 1. The predicted octanol–water partition coefficient (Wildman–Crippen LogP) is 4.38. The zero-order chi connectivity index (χ0) is 12.3. The Balaban J connectivity index is 2.26. The molecule has 0 fully saturated rings. The van der Waals surface area contributed by atoms with E-state index in [2.05, 4.69) is 28.2 Å². The monoisotopic (exact) mass is 293 g/mol. The van der Waals surface area contributed by atoms with E-state index >= 15 is 0 Å². The Labute approximate surface area is 110 Å². The third kappa shape index (κ3) is 2.79. The van der Waals surface area contributed by atoms with Crippen LogP contribution >= 0.6 is 15.9 Å².